The molecule has 1 saturated heterocycles. The van der Waals surface area contributed by atoms with Crippen LogP contribution in [0.25, 0.3) is 0 Å². The van der Waals surface area contributed by atoms with Gasteiger partial charge in [0.05, 0.1) is 13.0 Å². The van der Waals surface area contributed by atoms with Gasteiger partial charge in [0.1, 0.15) is 5.75 Å². The third-order valence-corrected chi connectivity index (χ3v) is 6.43. The molecule has 152 valence electrons. The molecule has 2 amide bonds. The van der Waals surface area contributed by atoms with Crippen LogP contribution in [0.5, 0.6) is 5.75 Å². The molecule has 0 bridgehead atoms. The summed E-state index contributed by atoms with van der Waals surface area (Å²) in [5.41, 5.74) is 2.09. The van der Waals surface area contributed by atoms with E-state index in [2.05, 4.69) is 17.4 Å². The van der Waals surface area contributed by atoms with Crippen LogP contribution in [0.3, 0.4) is 0 Å². The summed E-state index contributed by atoms with van der Waals surface area (Å²) in [6.45, 7) is 1.07. The quantitative estimate of drug-likeness (QED) is 0.816. The van der Waals surface area contributed by atoms with Crippen LogP contribution in [0, 0.1) is 5.92 Å². The fourth-order valence-corrected chi connectivity index (χ4v) is 4.71. The maximum atomic E-state index is 12.9. The first kappa shape index (κ1) is 19.5. The van der Waals surface area contributed by atoms with Crippen molar-refractivity contribution in [2.45, 2.75) is 37.5 Å². The van der Waals surface area contributed by atoms with Gasteiger partial charge in [0, 0.05) is 30.6 Å². The second-order valence-corrected chi connectivity index (χ2v) is 8.17. The van der Waals surface area contributed by atoms with Crippen LogP contribution in [0.1, 0.15) is 37.7 Å². The Hall–Kier alpha value is -2.82. The molecule has 1 heterocycles. The van der Waals surface area contributed by atoms with Gasteiger partial charge in [-0.05, 0) is 42.7 Å². The zero-order valence-corrected chi connectivity index (χ0v) is 16.9. The molecule has 1 saturated carbocycles. The van der Waals surface area contributed by atoms with Crippen LogP contribution in [0.15, 0.2) is 54.6 Å². The average Bonchev–Trinajstić information content (AvgIpc) is 3.40. The van der Waals surface area contributed by atoms with Gasteiger partial charge in [0.2, 0.25) is 11.8 Å². The number of nitrogens with zero attached hydrogens (tertiary/aromatic N) is 1. The fourth-order valence-electron chi connectivity index (χ4n) is 4.71. The van der Waals surface area contributed by atoms with Crippen molar-refractivity contribution in [3.63, 3.8) is 0 Å². The molecule has 0 spiro atoms. The molecule has 0 radical (unpaired) electrons. The molecule has 5 nitrogen and oxygen atoms in total. The van der Waals surface area contributed by atoms with E-state index in [4.69, 9.17) is 4.74 Å². The van der Waals surface area contributed by atoms with Crippen molar-refractivity contribution in [1.29, 1.82) is 0 Å². The zero-order chi connectivity index (χ0) is 20.3. The molecular weight excluding hydrogens is 364 g/mol. The topological polar surface area (TPSA) is 58.6 Å². The van der Waals surface area contributed by atoms with Gasteiger partial charge < -0.3 is 15.0 Å². The van der Waals surface area contributed by atoms with Gasteiger partial charge in [-0.1, -0.05) is 43.2 Å². The molecule has 29 heavy (non-hydrogen) atoms. The van der Waals surface area contributed by atoms with Crippen molar-refractivity contribution in [2.75, 3.05) is 25.1 Å². The normalized spacial score (nSPS) is 20.7. The van der Waals surface area contributed by atoms with E-state index >= 15 is 0 Å². The van der Waals surface area contributed by atoms with E-state index in [1.807, 2.05) is 42.5 Å². The lowest BCUT2D eigenvalue weighted by Gasteiger charge is -2.30. The number of carbonyl (C=O) groups excluding carboxylic acids is 2. The second-order valence-electron chi connectivity index (χ2n) is 8.17. The number of nitrogens with one attached hydrogen (secondary N) is 1. The number of anilines is 1. The monoisotopic (exact) mass is 392 g/mol. The molecule has 1 unspecified atom stereocenters. The van der Waals surface area contributed by atoms with Crippen LogP contribution >= 0.6 is 0 Å². The summed E-state index contributed by atoms with van der Waals surface area (Å²) in [7, 11) is 1.67. The number of ether oxygens (including phenoxy) is 1. The summed E-state index contributed by atoms with van der Waals surface area (Å²) in [6, 6.07) is 17.8. The van der Waals surface area contributed by atoms with Crippen molar-refractivity contribution >= 4 is 17.5 Å². The summed E-state index contributed by atoms with van der Waals surface area (Å²) < 4.78 is 5.28. The Kier molecular flexibility index (Phi) is 5.56. The molecule has 4 rings (SSSR count). The standard InChI is InChI=1S/C24H28N2O3/c1-29-21-11-9-19(10-12-21)24(13-5-6-14-24)17-25-23(28)18-15-22(27)26(16-18)20-7-3-2-4-8-20/h2-4,7-12,18H,5-6,13-17H2,1H3,(H,25,28). The Morgan fingerprint density at radius 1 is 1.10 bits per heavy atom. The van der Waals surface area contributed by atoms with E-state index in [0.717, 1.165) is 24.3 Å². The molecule has 1 aliphatic carbocycles. The number of hydrogen-bond acceptors (Lipinski definition) is 3. The van der Waals surface area contributed by atoms with Crippen LogP contribution in [0.4, 0.5) is 5.69 Å². The van der Waals surface area contributed by atoms with Gasteiger partial charge in [0.25, 0.3) is 0 Å². The lowest BCUT2D eigenvalue weighted by molar-refractivity contribution is -0.126. The van der Waals surface area contributed by atoms with E-state index < -0.39 is 0 Å². The molecule has 1 atom stereocenters. The summed E-state index contributed by atoms with van der Waals surface area (Å²) in [5, 5.41) is 3.18. The Morgan fingerprint density at radius 3 is 2.45 bits per heavy atom. The van der Waals surface area contributed by atoms with Crippen molar-refractivity contribution < 1.29 is 14.3 Å². The highest BCUT2D eigenvalue weighted by Gasteiger charge is 2.39. The number of hydrogen-bond donors (Lipinski definition) is 1. The first-order valence-corrected chi connectivity index (χ1v) is 10.4. The molecule has 1 aliphatic heterocycles. The first-order valence-electron chi connectivity index (χ1n) is 10.4. The lowest BCUT2D eigenvalue weighted by Crippen LogP contribution is -2.42. The molecule has 5 heteroatoms. The van der Waals surface area contributed by atoms with Crippen LogP contribution in [-0.4, -0.2) is 32.0 Å². The lowest BCUT2D eigenvalue weighted by atomic mass is 9.78. The Labute approximate surface area is 172 Å². The van der Waals surface area contributed by atoms with Gasteiger partial charge in [-0.2, -0.15) is 0 Å². The Morgan fingerprint density at radius 2 is 1.79 bits per heavy atom. The van der Waals surface area contributed by atoms with E-state index in [-0.39, 0.29) is 29.6 Å². The highest BCUT2D eigenvalue weighted by Crippen LogP contribution is 2.41. The molecule has 2 aromatic carbocycles. The second kappa shape index (κ2) is 8.27. The van der Waals surface area contributed by atoms with Gasteiger partial charge in [-0.3, -0.25) is 9.59 Å². The number of amides is 2. The third kappa shape index (κ3) is 4.00. The number of benzene rings is 2. The van der Waals surface area contributed by atoms with Crippen molar-refractivity contribution in [2.24, 2.45) is 5.92 Å². The number of methoxy groups -OCH3 is 1. The van der Waals surface area contributed by atoms with E-state index in [9.17, 15) is 9.59 Å². The van der Waals surface area contributed by atoms with E-state index in [1.54, 1.807) is 12.0 Å². The van der Waals surface area contributed by atoms with Crippen molar-refractivity contribution in [3.8, 4) is 5.75 Å². The molecule has 0 aromatic heterocycles. The summed E-state index contributed by atoms with van der Waals surface area (Å²) in [4.78, 5) is 27.0. The van der Waals surface area contributed by atoms with Gasteiger partial charge in [-0.25, -0.2) is 0 Å². The predicted octanol–water partition coefficient (Wildman–Crippen LogP) is 3.68. The van der Waals surface area contributed by atoms with Crippen molar-refractivity contribution in [3.05, 3.63) is 60.2 Å². The molecule has 2 aromatic rings. The molecule has 2 fully saturated rings. The maximum Gasteiger partial charge on any atom is 0.227 e. The van der Waals surface area contributed by atoms with Crippen LogP contribution in [-0.2, 0) is 15.0 Å². The number of para-hydroxylation sites is 1. The highest BCUT2D eigenvalue weighted by molar-refractivity contribution is 6.00. The van der Waals surface area contributed by atoms with Crippen molar-refractivity contribution in [1.82, 2.24) is 5.32 Å². The van der Waals surface area contributed by atoms with Gasteiger partial charge >= 0.3 is 0 Å². The maximum absolute atomic E-state index is 12.9. The smallest absolute Gasteiger partial charge is 0.227 e. The SMILES string of the molecule is COc1ccc(C2(CNC(=O)C3CC(=O)N(c4ccccc4)C3)CCCC2)cc1. The van der Waals surface area contributed by atoms with Gasteiger partial charge in [0.15, 0.2) is 0 Å². The van der Waals surface area contributed by atoms with Crippen LogP contribution < -0.4 is 15.0 Å². The zero-order valence-electron chi connectivity index (χ0n) is 16.9. The minimum absolute atomic E-state index is 0.0158. The predicted molar refractivity (Wildman–Crippen MR) is 113 cm³/mol. The minimum atomic E-state index is -0.294. The van der Waals surface area contributed by atoms with E-state index in [1.165, 1.54) is 18.4 Å². The summed E-state index contributed by atoms with van der Waals surface area (Å²) in [6.07, 6.45) is 4.76. The largest absolute Gasteiger partial charge is 0.497 e. The number of carbonyl (C=O) groups is 2. The summed E-state index contributed by atoms with van der Waals surface area (Å²) in [5.74, 6) is 0.548. The van der Waals surface area contributed by atoms with Gasteiger partial charge in [-0.15, -0.1) is 0 Å². The first-order chi connectivity index (χ1) is 14.1. The Balaban J connectivity index is 1.42. The Bertz CT molecular complexity index is 857. The van der Waals surface area contributed by atoms with E-state index in [0.29, 0.717) is 13.1 Å². The molecule has 2 aliphatic rings. The summed E-state index contributed by atoms with van der Waals surface area (Å²) >= 11 is 0. The highest BCUT2D eigenvalue weighted by atomic mass is 16.5. The molecular formula is C24H28N2O3. The van der Waals surface area contributed by atoms with Crippen LogP contribution in [0.2, 0.25) is 0 Å². The minimum Gasteiger partial charge on any atom is -0.497 e. The third-order valence-electron chi connectivity index (χ3n) is 6.43. The molecule has 1 N–H and O–H groups in total. The fraction of sp³-hybridized carbons (Fsp3) is 0.417. The average molecular weight is 392 g/mol. The number of rotatable bonds is 6.